The number of anilines is 1. The maximum absolute atomic E-state index is 12.3. The van der Waals surface area contributed by atoms with Crippen molar-refractivity contribution in [2.45, 2.75) is 27.7 Å². The van der Waals surface area contributed by atoms with E-state index in [-0.39, 0.29) is 11.5 Å². The Bertz CT molecular complexity index is 681. The molecule has 0 aromatic carbocycles. The Kier molecular flexibility index (Phi) is 3.63. The van der Waals surface area contributed by atoms with Gasteiger partial charge in [-0.1, -0.05) is 0 Å². The molecule has 0 bridgehead atoms. The van der Waals surface area contributed by atoms with E-state index in [4.69, 9.17) is 0 Å². The number of carbonyl (C=O) groups excluding carboxylic acids is 1. The standard InChI is InChI=1S/C13H15N3O3S/c1-5-8(4)20-12(9(5)13(18)19)14-11(17)10-6(2)15-16-7(10)3/h1-4H3,(H,14,17)(H,15,16)(H,18,19). The molecule has 20 heavy (non-hydrogen) atoms. The van der Waals surface area contributed by atoms with Crippen molar-refractivity contribution in [2.24, 2.45) is 0 Å². The highest BCUT2D eigenvalue weighted by Gasteiger charge is 2.22. The largest absolute Gasteiger partial charge is 0.478 e. The summed E-state index contributed by atoms with van der Waals surface area (Å²) in [5.41, 5.74) is 2.52. The molecule has 7 heteroatoms. The van der Waals surface area contributed by atoms with Crippen LogP contribution in [0.3, 0.4) is 0 Å². The third-order valence-corrected chi connectivity index (χ3v) is 4.30. The van der Waals surface area contributed by atoms with E-state index in [0.29, 0.717) is 27.5 Å². The third-order valence-electron chi connectivity index (χ3n) is 3.18. The second-order valence-corrected chi connectivity index (χ2v) is 5.78. The molecule has 0 saturated heterocycles. The number of carbonyl (C=O) groups is 2. The molecule has 106 valence electrons. The van der Waals surface area contributed by atoms with Gasteiger partial charge in [-0.05, 0) is 33.3 Å². The Hall–Kier alpha value is -2.15. The van der Waals surface area contributed by atoms with Gasteiger partial charge in [-0.2, -0.15) is 5.10 Å². The normalized spacial score (nSPS) is 10.6. The van der Waals surface area contributed by atoms with Gasteiger partial charge in [-0.25, -0.2) is 4.79 Å². The smallest absolute Gasteiger partial charge is 0.338 e. The van der Waals surface area contributed by atoms with Gasteiger partial charge in [-0.3, -0.25) is 9.89 Å². The predicted octanol–water partition coefficient (Wildman–Crippen LogP) is 2.66. The average Bonchev–Trinajstić information content (AvgIpc) is 2.80. The van der Waals surface area contributed by atoms with E-state index in [9.17, 15) is 14.7 Å². The van der Waals surface area contributed by atoms with Crippen molar-refractivity contribution in [1.29, 1.82) is 0 Å². The molecule has 3 N–H and O–H groups in total. The summed E-state index contributed by atoms with van der Waals surface area (Å²) in [5.74, 6) is -1.39. The Morgan fingerprint density at radius 3 is 2.35 bits per heavy atom. The SMILES string of the molecule is Cc1n[nH]c(C)c1C(=O)Nc1sc(C)c(C)c1C(=O)O. The highest BCUT2D eigenvalue weighted by Crippen LogP contribution is 2.32. The topological polar surface area (TPSA) is 95.1 Å². The fraction of sp³-hybridized carbons (Fsp3) is 0.308. The lowest BCUT2D eigenvalue weighted by Gasteiger charge is -2.04. The van der Waals surface area contributed by atoms with Crippen LogP contribution in [0, 0.1) is 27.7 Å². The van der Waals surface area contributed by atoms with Crippen LogP contribution in [0.15, 0.2) is 0 Å². The lowest BCUT2D eigenvalue weighted by molar-refractivity contribution is 0.0697. The van der Waals surface area contributed by atoms with Crippen LogP contribution in [0.1, 0.15) is 42.5 Å². The molecule has 2 aromatic heterocycles. The highest BCUT2D eigenvalue weighted by atomic mass is 32.1. The maximum Gasteiger partial charge on any atom is 0.338 e. The summed E-state index contributed by atoms with van der Waals surface area (Å²) in [4.78, 5) is 24.4. The van der Waals surface area contributed by atoms with E-state index in [1.165, 1.54) is 11.3 Å². The van der Waals surface area contributed by atoms with Crippen LogP contribution in [0.5, 0.6) is 0 Å². The number of thiophene rings is 1. The van der Waals surface area contributed by atoms with Gasteiger partial charge in [0, 0.05) is 10.6 Å². The minimum atomic E-state index is -1.04. The van der Waals surface area contributed by atoms with Gasteiger partial charge in [0.05, 0.1) is 16.8 Å². The molecule has 0 aliphatic rings. The molecule has 1 amide bonds. The summed E-state index contributed by atoms with van der Waals surface area (Å²) in [6.45, 7) is 7.04. The van der Waals surface area contributed by atoms with Gasteiger partial charge in [0.25, 0.3) is 5.91 Å². The van der Waals surface area contributed by atoms with Crippen LogP contribution in [0.2, 0.25) is 0 Å². The van der Waals surface area contributed by atoms with E-state index >= 15 is 0 Å². The summed E-state index contributed by atoms with van der Waals surface area (Å²) in [6, 6.07) is 0. The van der Waals surface area contributed by atoms with E-state index in [1.54, 1.807) is 20.8 Å². The summed E-state index contributed by atoms with van der Waals surface area (Å²) in [6.07, 6.45) is 0. The third kappa shape index (κ3) is 2.32. The Balaban J connectivity index is 2.38. The van der Waals surface area contributed by atoms with E-state index in [2.05, 4.69) is 15.5 Å². The lowest BCUT2D eigenvalue weighted by Crippen LogP contribution is -2.15. The first-order valence-electron chi connectivity index (χ1n) is 5.99. The number of aromatic carboxylic acids is 1. The van der Waals surface area contributed by atoms with Gasteiger partial charge < -0.3 is 10.4 Å². The molecule has 0 fully saturated rings. The number of aromatic nitrogens is 2. The fourth-order valence-electron chi connectivity index (χ4n) is 2.02. The van der Waals surface area contributed by atoms with Crippen LogP contribution >= 0.6 is 11.3 Å². The zero-order chi connectivity index (χ0) is 15.0. The first kappa shape index (κ1) is 14.3. The first-order valence-corrected chi connectivity index (χ1v) is 6.80. The van der Waals surface area contributed by atoms with Crippen molar-refractivity contribution in [3.8, 4) is 0 Å². The summed E-state index contributed by atoms with van der Waals surface area (Å²) < 4.78 is 0. The molecule has 0 aliphatic heterocycles. The molecular formula is C13H15N3O3S. The molecule has 2 aromatic rings. The molecule has 0 radical (unpaired) electrons. The van der Waals surface area contributed by atoms with Crippen molar-refractivity contribution in [3.05, 3.63) is 33.0 Å². The fourth-order valence-corrected chi connectivity index (χ4v) is 3.07. The minimum Gasteiger partial charge on any atom is -0.478 e. The van der Waals surface area contributed by atoms with E-state index in [1.807, 2.05) is 6.92 Å². The Morgan fingerprint density at radius 2 is 1.85 bits per heavy atom. The summed E-state index contributed by atoms with van der Waals surface area (Å²) >= 11 is 1.26. The second-order valence-electron chi connectivity index (χ2n) is 4.56. The van der Waals surface area contributed by atoms with Crippen molar-refractivity contribution in [3.63, 3.8) is 0 Å². The highest BCUT2D eigenvalue weighted by molar-refractivity contribution is 7.16. The molecule has 0 atom stereocenters. The van der Waals surface area contributed by atoms with E-state index in [0.717, 1.165) is 4.88 Å². The van der Waals surface area contributed by atoms with E-state index < -0.39 is 5.97 Å². The van der Waals surface area contributed by atoms with Gasteiger partial charge in [0.15, 0.2) is 0 Å². The monoisotopic (exact) mass is 293 g/mol. The summed E-state index contributed by atoms with van der Waals surface area (Å²) in [7, 11) is 0. The number of amides is 1. The predicted molar refractivity (Wildman–Crippen MR) is 76.8 cm³/mol. The number of carboxylic acid groups (broad SMARTS) is 1. The summed E-state index contributed by atoms with van der Waals surface area (Å²) in [5, 5.41) is 19.0. The number of hydrogen-bond acceptors (Lipinski definition) is 4. The Labute approximate surface area is 119 Å². The number of H-pyrrole nitrogens is 1. The van der Waals surface area contributed by atoms with Crippen LogP contribution in [0.25, 0.3) is 0 Å². The molecule has 0 spiro atoms. The van der Waals surface area contributed by atoms with Crippen LogP contribution < -0.4 is 5.32 Å². The number of aryl methyl sites for hydroxylation is 3. The molecule has 6 nitrogen and oxygen atoms in total. The number of nitrogens with zero attached hydrogens (tertiary/aromatic N) is 1. The Morgan fingerprint density at radius 1 is 1.20 bits per heavy atom. The van der Waals surface area contributed by atoms with Crippen molar-refractivity contribution < 1.29 is 14.7 Å². The van der Waals surface area contributed by atoms with Crippen molar-refractivity contribution in [1.82, 2.24) is 10.2 Å². The van der Waals surface area contributed by atoms with Crippen molar-refractivity contribution >= 4 is 28.2 Å². The van der Waals surface area contributed by atoms with Gasteiger partial charge in [-0.15, -0.1) is 11.3 Å². The molecule has 0 aliphatic carbocycles. The maximum atomic E-state index is 12.3. The van der Waals surface area contributed by atoms with Gasteiger partial charge >= 0.3 is 5.97 Å². The minimum absolute atomic E-state index is 0.152. The van der Waals surface area contributed by atoms with Gasteiger partial charge in [0.1, 0.15) is 5.00 Å². The second kappa shape index (κ2) is 5.09. The number of rotatable bonds is 3. The average molecular weight is 293 g/mol. The zero-order valence-electron chi connectivity index (χ0n) is 11.6. The molecule has 2 heterocycles. The number of aromatic amines is 1. The quantitative estimate of drug-likeness (QED) is 0.810. The number of nitrogens with one attached hydrogen (secondary N) is 2. The molecule has 0 saturated carbocycles. The van der Waals surface area contributed by atoms with Gasteiger partial charge in [0.2, 0.25) is 0 Å². The lowest BCUT2D eigenvalue weighted by atomic mass is 10.1. The molecular weight excluding hydrogens is 278 g/mol. The number of carboxylic acids is 1. The van der Waals surface area contributed by atoms with Crippen LogP contribution in [0.4, 0.5) is 5.00 Å². The zero-order valence-corrected chi connectivity index (χ0v) is 12.4. The first-order chi connectivity index (χ1) is 9.32. The van der Waals surface area contributed by atoms with Crippen LogP contribution in [-0.2, 0) is 0 Å². The number of hydrogen-bond donors (Lipinski definition) is 3. The molecule has 2 rings (SSSR count). The van der Waals surface area contributed by atoms with Crippen molar-refractivity contribution in [2.75, 3.05) is 5.32 Å². The molecule has 0 unspecified atom stereocenters. The van der Waals surface area contributed by atoms with Crippen LogP contribution in [-0.4, -0.2) is 27.2 Å².